The Morgan fingerprint density at radius 2 is 2.29 bits per heavy atom. The lowest BCUT2D eigenvalue weighted by molar-refractivity contribution is -0.128. The van der Waals surface area contributed by atoms with Crippen molar-refractivity contribution in [1.29, 1.82) is 0 Å². The largest absolute Gasteiger partial charge is 0.353 e. The van der Waals surface area contributed by atoms with Crippen molar-refractivity contribution < 1.29 is 4.79 Å². The number of nitrogens with zero attached hydrogens (tertiary/aromatic N) is 1. The molecule has 1 fully saturated rings. The van der Waals surface area contributed by atoms with E-state index < -0.39 is 0 Å². The van der Waals surface area contributed by atoms with Crippen LogP contribution in [0, 0.1) is 5.41 Å². The van der Waals surface area contributed by atoms with Crippen LogP contribution in [0.3, 0.4) is 0 Å². The lowest BCUT2D eigenvalue weighted by Gasteiger charge is -2.38. The van der Waals surface area contributed by atoms with Gasteiger partial charge < -0.3 is 11.1 Å². The topological polar surface area (TPSA) is 58.4 Å². The Hall–Kier alpha value is -0.610. The maximum atomic E-state index is 11.4. The molecule has 14 heavy (non-hydrogen) atoms. The number of rotatable bonds is 3. The van der Waals surface area contributed by atoms with Crippen LogP contribution in [0.5, 0.6) is 0 Å². The van der Waals surface area contributed by atoms with Crippen LogP contribution in [-0.4, -0.2) is 43.0 Å². The average molecular weight is 199 g/mol. The lowest BCUT2D eigenvalue weighted by atomic mass is 9.92. The Morgan fingerprint density at radius 1 is 1.64 bits per heavy atom. The number of nitrogens with one attached hydrogen (secondary N) is 1. The molecule has 1 saturated heterocycles. The molecule has 0 saturated carbocycles. The van der Waals surface area contributed by atoms with Gasteiger partial charge in [-0.05, 0) is 18.9 Å². The predicted molar refractivity (Wildman–Crippen MR) is 56.9 cm³/mol. The highest BCUT2D eigenvalue weighted by molar-refractivity contribution is 5.81. The summed E-state index contributed by atoms with van der Waals surface area (Å²) < 4.78 is 0. The zero-order valence-electron chi connectivity index (χ0n) is 9.34. The van der Waals surface area contributed by atoms with Gasteiger partial charge in [-0.1, -0.05) is 13.8 Å². The third-order valence-electron chi connectivity index (χ3n) is 2.81. The van der Waals surface area contributed by atoms with E-state index in [-0.39, 0.29) is 17.4 Å². The average Bonchev–Trinajstić information content (AvgIpc) is 2.13. The van der Waals surface area contributed by atoms with Crippen molar-refractivity contribution in [3.05, 3.63) is 0 Å². The van der Waals surface area contributed by atoms with Crippen LogP contribution in [-0.2, 0) is 4.79 Å². The van der Waals surface area contributed by atoms with Crippen LogP contribution >= 0.6 is 0 Å². The Kier molecular flexibility index (Phi) is 3.50. The number of amides is 1. The van der Waals surface area contributed by atoms with Gasteiger partial charge in [-0.2, -0.15) is 0 Å². The number of carbonyl (C=O) groups is 1. The number of hydrogen-bond acceptors (Lipinski definition) is 3. The summed E-state index contributed by atoms with van der Waals surface area (Å²) in [5.74, 6) is 0.129. The number of hydrogen-bond donors (Lipinski definition) is 2. The van der Waals surface area contributed by atoms with Crippen LogP contribution in [0.2, 0.25) is 0 Å². The third kappa shape index (κ3) is 2.69. The molecule has 1 rings (SSSR count). The number of piperazine rings is 1. The van der Waals surface area contributed by atoms with Crippen LogP contribution < -0.4 is 11.1 Å². The van der Waals surface area contributed by atoms with Gasteiger partial charge in [0.15, 0.2) is 0 Å². The van der Waals surface area contributed by atoms with E-state index in [1.807, 2.05) is 6.92 Å². The van der Waals surface area contributed by atoms with E-state index in [0.717, 1.165) is 19.6 Å². The van der Waals surface area contributed by atoms with Gasteiger partial charge in [-0.25, -0.2) is 0 Å². The van der Waals surface area contributed by atoms with E-state index in [9.17, 15) is 4.79 Å². The molecule has 0 aromatic carbocycles. The van der Waals surface area contributed by atoms with Gasteiger partial charge in [0.2, 0.25) is 5.91 Å². The van der Waals surface area contributed by atoms with Gasteiger partial charge in [-0.3, -0.25) is 9.69 Å². The normalized spacial score (nSPS) is 24.9. The van der Waals surface area contributed by atoms with E-state index in [1.54, 1.807) is 0 Å². The lowest BCUT2D eigenvalue weighted by Crippen LogP contribution is -2.56. The first-order chi connectivity index (χ1) is 6.46. The molecule has 1 aliphatic rings. The molecule has 3 N–H and O–H groups in total. The van der Waals surface area contributed by atoms with Crippen LogP contribution in [0.1, 0.15) is 20.8 Å². The number of carbonyl (C=O) groups excluding carboxylic acids is 1. The zero-order valence-corrected chi connectivity index (χ0v) is 9.34. The summed E-state index contributed by atoms with van der Waals surface area (Å²) in [6.45, 7) is 9.43. The molecule has 82 valence electrons. The van der Waals surface area contributed by atoms with E-state index in [4.69, 9.17) is 5.73 Å². The second-order valence-corrected chi connectivity index (χ2v) is 4.81. The molecule has 1 unspecified atom stereocenters. The fourth-order valence-electron chi connectivity index (χ4n) is 1.66. The SMILES string of the molecule is CC1C(=O)NCCN1CC(C)(C)CN. The van der Waals surface area contributed by atoms with Gasteiger partial charge in [0, 0.05) is 19.6 Å². The summed E-state index contributed by atoms with van der Waals surface area (Å²) >= 11 is 0. The highest BCUT2D eigenvalue weighted by Gasteiger charge is 2.29. The van der Waals surface area contributed by atoms with Crippen LogP contribution in [0.4, 0.5) is 0 Å². The summed E-state index contributed by atoms with van der Waals surface area (Å²) in [6, 6.07) is -0.0189. The second-order valence-electron chi connectivity index (χ2n) is 4.81. The first-order valence-electron chi connectivity index (χ1n) is 5.18. The Bertz CT molecular complexity index is 215. The standard InChI is InChI=1S/C10H21N3O/c1-8-9(14)12-4-5-13(8)7-10(2,3)6-11/h8H,4-7,11H2,1-3H3,(H,12,14). The van der Waals surface area contributed by atoms with Crippen LogP contribution in [0.25, 0.3) is 0 Å². The van der Waals surface area contributed by atoms with Crippen molar-refractivity contribution in [1.82, 2.24) is 10.2 Å². The number of nitrogens with two attached hydrogens (primary N) is 1. The van der Waals surface area contributed by atoms with Crippen molar-refractivity contribution in [3.63, 3.8) is 0 Å². The third-order valence-corrected chi connectivity index (χ3v) is 2.81. The molecule has 0 spiro atoms. The first-order valence-corrected chi connectivity index (χ1v) is 5.18. The monoisotopic (exact) mass is 199 g/mol. The highest BCUT2D eigenvalue weighted by atomic mass is 16.2. The molecule has 1 aliphatic heterocycles. The Balaban J connectivity index is 2.55. The van der Waals surface area contributed by atoms with E-state index in [2.05, 4.69) is 24.1 Å². The maximum Gasteiger partial charge on any atom is 0.237 e. The molecule has 0 aromatic rings. The molecule has 4 nitrogen and oxygen atoms in total. The molecular formula is C10H21N3O. The highest BCUT2D eigenvalue weighted by Crippen LogP contribution is 2.17. The van der Waals surface area contributed by atoms with Gasteiger partial charge in [0.05, 0.1) is 6.04 Å². The van der Waals surface area contributed by atoms with Crippen molar-refractivity contribution in [3.8, 4) is 0 Å². The fourth-order valence-corrected chi connectivity index (χ4v) is 1.66. The van der Waals surface area contributed by atoms with Gasteiger partial charge in [-0.15, -0.1) is 0 Å². The van der Waals surface area contributed by atoms with E-state index in [0.29, 0.717) is 6.54 Å². The van der Waals surface area contributed by atoms with E-state index >= 15 is 0 Å². The van der Waals surface area contributed by atoms with Crippen molar-refractivity contribution in [2.24, 2.45) is 11.1 Å². The van der Waals surface area contributed by atoms with Gasteiger partial charge in [0.1, 0.15) is 0 Å². The molecule has 0 bridgehead atoms. The van der Waals surface area contributed by atoms with Crippen molar-refractivity contribution in [2.75, 3.05) is 26.2 Å². The molecular weight excluding hydrogens is 178 g/mol. The smallest absolute Gasteiger partial charge is 0.237 e. The Labute approximate surface area is 85.8 Å². The zero-order chi connectivity index (χ0) is 10.8. The summed E-state index contributed by atoms with van der Waals surface area (Å²) in [4.78, 5) is 13.6. The quantitative estimate of drug-likeness (QED) is 0.661. The van der Waals surface area contributed by atoms with Crippen molar-refractivity contribution in [2.45, 2.75) is 26.8 Å². The molecule has 4 heteroatoms. The molecule has 0 aliphatic carbocycles. The molecule has 1 amide bonds. The maximum absolute atomic E-state index is 11.4. The van der Waals surface area contributed by atoms with Crippen molar-refractivity contribution >= 4 is 5.91 Å². The Morgan fingerprint density at radius 3 is 2.86 bits per heavy atom. The predicted octanol–water partition coefficient (Wildman–Crippen LogP) is -0.208. The minimum absolute atomic E-state index is 0.0189. The summed E-state index contributed by atoms with van der Waals surface area (Å²) in [6.07, 6.45) is 0. The molecule has 1 heterocycles. The molecule has 0 aromatic heterocycles. The van der Waals surface area contributed by atoms with E-state index in [1.165, 1.54) is 0 Å². The molecule has 0 radical (unpaired) electrons. The van der Waals surface area contributed by atoms with Gasteiger partial charge >= 0.3 is 0 Å². The first kappa shape index (κ1) is 11.5. The summed E-state index contributed by atoms with van der Waals surface area (Å²) in [5, 5.41) is 2.85. The van der Waals surface area contributed by atoms with Crippen LogP contribution in [0.15, 0.2) is 0 Å². The summed E-state index contributed by atoms with van der Waals surface area (Å²) in [5.41, 5.74) is 5.77. The second kappa shape index (κ2) is 4.28. The fraction of sp³-hybridized carbons (Fsp3) is 0.900. The minimum atomic E-state index is -0.0189. The van der Waals surface area contributed by atoms with Gasteiger partial charge in [0.25, 0.3) is 0 Å². The summed E-state index contributed by atoms with van der Waals surface area (Å²) in [7, 11) is 0. The molecule has 1 atom stereocenters. The minimum Gasteiger partial charge on any atom is -0.353 e.